The number of nitrogen functional groups attached to an aromatic ring is 1. The fourth-order valence-corrected chi connectivity index (χ4v) is 2.44. The molecular weight excluding hydrogens is 278 g/mol. The zero-order valence-electron chi connectivity index (χ0n) is 12.5. The Balaban J connectivity index is 1.54. The van der Waals surface area contributed by atoms with Gasteiger partial charge in [-0.15, -0.1) is 0 Å². The van der Waals surface area contributed by atoms with E-state index in [1.165, 1.54) is 0 Å². The number of hydrogen-bond acceptors (Lipinski definition) is 5. The minimum absolute atomic E-state index is 0.277. The lowest BCUT2D eigenvalue weighted by Crippen LogP contribution is -2.34. The van der Waals surface area contributed by atoms with Crippen LogP contribution in [0.15, 0.2) is 42.6 Å². The molecule has 1 aromatic carbocycles. The highest BCUT2D eigenvalue weighted by atomic mass is 16.5. The Kier molecular flexibility index (Phi) is 4.75. The van der Waals surface area contributed by atoms with Crippen molar-refractivity contribution < 1.29 is 9.47 Å². The Morgan fingerprint density at radius 2 is 1.95 bits per heavy atom. The van der Waals surface area contributed by atoms with Crippen LogP contribution < -0.4 is 20.5 Å². The summed E-state index contributed by atoms with van der Waals surface area (Å²) in [6.07, 6.45) is 4.06. The zero-order chi connectivity index (χ0) is 15.2. The van der Waals surface area contributed by atoms with Gasteiger partial charge in [0.05, 0.1) is 6.20 Å². The molecule has 0 unspecified atom stereocenters. The fourth-order valence-electron chi connectivity index (χ4n) is 2.44. The summed E-state index contributed by atoms with van der Waals surface area (Å²) in [5, 5.41) is 3.32. The number of piperidine rings is 1. The monoisotopic (exact) mass is 299 g/mol. The quantitative estimate of drug-likeness (QED) is 0.830. The predicted octanol–water partition coefficient (Wildman–Crippen LogP) is 2.37. The number of pyridine rings is 1. The molecule has 5 nitrogen and oxygen atoms in total. The van der Waals surface area contributed by atoms with Crippen LogP contribution in [0.25, 0.3) is 0 Å². The summed E-state index contributed by atoms with van der Waals surface area (Å²) in [4.78, 5) is 4.29. The van der Waals surface area contributed by atoms with Gasteiger partial charge in [-0.1, -0.05) is 18.2 Å². The largest absolute Gasteiger partial charge is 0.489 e. The molecule has 0 spiro atoms. The molecular formula is C17H21N3O2. The molecule has 0 atom stereocenters. The molecule has 0 radical (unpaired) electrons. The molecule has 0 aliphatic carbocycles. The minimum atomic E-state index is 0.277. The first-order valence-corrected chi connectivity index (χ1v) is 7.61. The predicted molar refractivity (Wildman–Crippen MR) is 85.9 cm³/mol. The third-order valence-corrected chi connectivity index (χ3v) is 3.73. The van der Waals surface area contributed by atoms with Gasteiger partial charge >= 0.3 is 0 Å². The number of hydrogen-bond donors (Lipinski definition) is 2. The molecule has 22 heavy (non-hydrogen) atoms. The van der Waals surface area contributed by atoms with Crippen LogP contribution in [-0.2, 0) is 6.61 Å². The second-order valence-corrected chi connectivity index (χ2v) is 5.39. The first-order chi connectivity index (χ1) is 10.8. The van der Waals surface area contributed by atoms with Crippen molar-refractivity contribution in [2.45, 2.75) is 25.6 Å². The number of rotatable bonds is 5. The van der Waals surface area contributed by atoms with E-state index in [1.54, 1.807) is 6.20 Å². The van der Waals surface area contributed by atoms with Gasteiger partial charge in [-0.3, -0.25) is 0 Å². The average molecular weight is 299 g/mol. The van der Waals surface area contributed by atoms with Crippen molar-refractivity contribution >= 4 is 5.69 Å². The van der Waals surface area contributed by atoms with E-state index < -0.39 is 0 Å². The lowest BCUT2D eigenvalue weighted by atomic mass is 10.1. The van der Waals surface area contributed by atoms with Gasteiger partial charge in [-0.25, -0.2) is 4.98 Å². The van der Waals surface area contributed by atoms with Gasteiger partial charge in [0.1, 0.15) is 18.5 Å². The van der Waals surface area contributed by atoms with Crippen LogP contribution in [0, 0.1) is 0 Å². The molecule has 1 fully saturated rings. The van der Waals surface area contributed by atoms with Crippen molar-refractivity contribution in [3.8, 4) is 11.6 Å². The molecule has 0 bridgehead atoms. The SMILES string of the molecule is Nc1ccccc1COc1ccc(OC2CCNCC2)cn1. The topological polar surface area (TPSA) is 69.4 Å². The molecule has 116 valence electrons. The summed E-state index contributed by atoms with van der Waals surface area (Å²) in [6, 6.07) is 11.4. The molecule has 3 rings (SSSR count). The zero-order valence-corrected chi connectivity index (χ0v) is 12.5. The van der Waals surface area contributed by atoms with Gasteiger partial charge < -0.3 is 20.5 Å². The number of para-hydroxylation sites is 1. The van der Waals surface area contributed by atoms with Crippen molar-refractivity contribution in [3.63, 3.8) is 0 Å². The molecule has 1 aliphatic rings. The Morgan fingerprint density at radius 1 is 1.14 bits per heavy atom. The van der Waals surface area contributed by atoms with E-state index in [9.17, 15) is 0 Å². The molecule has 2 aromatic rings. The van der Waals surface area contributed by atoms with E-state index in [0.717, 1.165) is 42.9 Å². The van der Waals surface area contributed by atoms with Gasteiger partial charge in [0.2, 0.25) is 5.88 Å². The van der Waals surface area contributed by atoms with Crippen LogP contribution >= 0.6 is 0 Å². The fraction of sp³-hybridized carbons (Fsp3) is 0.353. The number of anilines is 1. The van der Waals surface area contributed by atoms with Crippen molar-refractivity contribution in [1.82, 2.24) is 10.3 Å². The average Bonchev–Trinajstić information content (AvgIpc) is 2.56. The van der Waals surface area contributed by atoms with Gasteiger partial charge in [0, 0.05) is 17.3 Å². The van der Waals surface area contributed by atoms with Gasteiger partial charge in [0.15, 0.2) is 0 Å². The highest BCUT2D eigenvalue weighted by Gasteiger charge is 2.14. The molecule has 3 N–H and O–H groups in total. The van der Waals surface area contributed by atoms with E-state index in [4.69, 9.17) is 15.2 Å². The summed E-state index contributed by atoms with van der Waals surface area (Å²) in [7, 11) is 0. The second kappa shape index (κ2) is 7.13. The third kappa shape index (κ3) is 3.89. The van der Waals surface area contributed by atoms with Crippen LogP contribution in [0.5, 0.6) is 11.6 Å². The number of nitrogens with two attached hydrogens (primary N) is 1. The summed E-state index contributed by atoms with van der Waals surface area (Å²) < 4.78 is 11.6. The maximum absolute atomic E-state index is 5.91. The van der Waals surface area contributed by atoms with Gasteiger partial charge in [-0.2, -0.15) is 0 Å². The Morgan fingerprint density at radius 3 is 2.68 bits per heavy atom. The molecule has 1 aliphatic heterocycles. The summed E-state index contributed by atoms with van der Waals surface area (Å²) in [5.74, 6) is 1.36. The number of ether oxygens (including phenoxy) is 2. The number of benzene rings is 1. The van der Waals surface area contributed by atoms with Crippen molar-refractivity contribution in [2.24, 2.45) is 0 Å². The second-order valence-electron chi connectivity index (χ2n) is 5.39. The molecule has 1 aromatic heterocycles. The van der Waals surface area contributed by atoms with Crippen LogP contribution in [-0.4, -0.2) is 24.2 Å². The summed E-state index contributed by atoms with van der Waals surface area (Å²) in [6.45, 7) is 2.43. The van der Waals surface area contributed by atoms with E-state index >= 15 is 0 Å². The van der Waals surface area contributed by atoms with E-state index in [2.05, 4.69) is 10.3 Å². The highest BCUT2D eigenvalue weighted by Crippen LogP contribution is 2.19. The van der Waals surface area contributed by atoms with Crippen molar-refractivity contribution in [1.29, 1.82) is 0 Å². The molecule has 5 heteroatoms. The van der Waals surface area contributed by atoms with Crippen molar-refractivity contribution in [3.05, 3.63) is 48.2 Å². The first-order valence-electron chi connectivity index (χ1n) is 7.61. The van der Waals surface area contributed by atoms with Crippen molar-refractivity contribution in [2.75, 3.05) is 18.8 Å². The summed E-state index contributed by atoms with van der Waals surface area (Å²) in [5.41, 5.74) is 7.58. The Labute approximate surface area is 130 Å². The molecule has 1 saturated heterocycles. The first kappa shape index (κ1) is 14.7. The lowest BCUT2D eigenvalue weighted by molar-refractivity contribution is 0.161. The maximum Gasteiger partial charge on any atom is 0.213 e. The van der Waals surface area contributed by atoms with Crippen LogP contribution in [0.2, 0.25) is 0 Å². The number of nitrogens with zero attached hydrogens (tertiary/aromatic N) is 1. The van der Waals surface area contributed by atoms with E-state index in [0.29, 0.717) is 12.5 Å². The van der Waals surface area contributed by atoms with Crippen LogP contribution in [0.1, 0.15) is 18.4 Å². The molecule has 0 saturated carbocycles. The summed E-state index contributed by atoms with van der Waals surface area (Å²) >= 11 is 0. The maximum atomic E-state index is 5.91. The van der Waals surface area contributed by atoms with Crippen LogP contribution in [0.3, 0.4) is 0 Å². The number of aromatic nitrogens is 1. The Hall–Kier alpha value is -2.27. The molecule has 0 amide bonds. The normalized spacial score (nSPS) is 15.5. The van der Waals surface area contributed by atoms with E-state index in [1.807, 2.05) is 36.4 Å². The van der Waals surface area contributed by atoms with Gasteiger partial charge in [0.25, 0.3) is 0 Å². The minimum Gasteiger partial charge on any atom is -0.489 e. The molecule has 2 heterocycles. The third-order valence-electron chi connectivity index (χ3n) is 3.73. The van der Waals surface area contributed by atoms with E-state index in [-0.39, 0.29) is 6.10 Å². The smallest absolute Gasteiger partial charge is 0.213 e. The highest BCUT2D eigenvalue weighted by molar-refractivity contribution is 5.46. The lowest BCUT2D eigenvalue weighted by Gasteiger charge is -2.23. The van der Waals surface area contributed by atoms with Crippen LogP contribution in [0.4, 0.5) is 5.69 Å². The standard InChI is InChI=1S/C17H21N3O2/c18-16-4-2-1-3-13(16)12-21-17-6-5-15(11-20-17)22-14-7-9-19-10-8-14/h1-6,11,14,19H,7-10,12,18H2. The Bertz CT molecular complexity index is 595. The number of nitrogens with one attached hydrogen (secondary N) is 1. The van der Waals surface area contributed by atoms with Gasteiger partial charge in [-0.05, 0) is 38.1 Å².